The van der Waals surface area contributed by atoms with Crippen molar-refractivity contribution in [2.45, 2.75) is 30.5 Å². The molecule has 1 unspecified atom stereocenters. The SMILES string of the molecule is CCOc1ccc(OCC)c(NC(=O)C(Cc2ccccc2)NS(=O)(=O)c2cccs2)c1. The van der Waals surface area contributed by atoms with Crippen molar-refractivity contribution in [3.8, 4) is 11.5 Å². The van der Waals surface area contributed by atoms with Crippen molar-refractivity contribution in [2.75, 3.05) is 18.5 Å². The van der Waals surface area contributed by atoms with E-state index in [9.17, 15) is 13.2 Å². The van der Waals surface area contributed by atoms with Gasteiger partial charge in [-0.3, -0.25) is 4.79 Å². The van der Waals surface area contributed by atoms with Crippen molar-refractivity contribution >= 4 is 33.0 Å². The van der Waals surface area contributed by atoms with Crippen LogP contribution in [0.25, 0.3) is 0 Å². The van der Waals surface area contributed by atoms with Gasteiger partial charge in [0.1, 0.15) is 21.8 Å². The normalized spacial score (nSPS) is 12.2. The van der Waals surface area contributed by atoms with E-state index in [0.29, 0.717) is 30.4 Å². The van der Waals surface area contributed by atoms with E-state index in [1.807, 2.05) is 44.2 Å². The lowest BCUT2D eigenvalue weighted by Crippen LogP contribution is -2.45. The summed E-state index contributed by atoms with van der Waals surface area (Å²) in [6, 6.07) is 16.5. The first-order valence-corrected chi connectivity index (χ1v) is 12.6. The number of nitrogens with one attached hydrogen (secondary N) is 2. The van der Waals surface area contributed by atoms with E-state index < -0.39 is 22.0 Å². The molecule has 3 aromatic rings. The Bertz CT molecular complexity index is 1120. The number of thiophene rings is 1. The second-order valence-corrected chi connectivity index (χ2v) is 9.70. The predicted octanol–water partition coefficient (Wildman–Crippen LogP) is 4.07. The second-order valence-electron chi connectivity index (χ2n) is 6.81. The fourth-order valence-electron chi connectivity index (χ4n) is 3.06. The zero-order chi connectivity index (χ0) is 23.0. The fraction of sp³-hybridized carbons (Fsp3) is 0.261. The smallest absolute Gasteiger partial charge is 0.250 e. The van der Waals surface area contributed by atoms with E-state index in [4.69, 9.17) is 9.47 Å². The third kappa shape index (κ3) is 6.32. The third-order valence-corrected chi connectivity index (χ3v) is 7.35. The molecule has 0 saturated heterocycles. The van der Waals surface area contributed by atoms with Gasteiger partial charge in [0.2, 0.25) is 5.91 Å². The van der Waals surface area contributed by atoms with Gasteiger partial charge >= 0.3 is 0 Å². The molecular weight excluding hydrogens is 448 g/mol. The summed E-state index contributed by atoms with van der Waals surface area (Å²) >= 11 is 1.09. The topological polar surface area (TPSA) is 93.7 Å². The molecule has 7 nitrogen and oxygen atoms in total. The number of rotatable bonds is 11. The molecule has 9 heteroatoms. The van der Waals surface area contributed by atoms with Crippen LogP contribution in [0, 0.1) is 0 Å². The summed E-state index contributed by atoms with van der Waals surface area (Å²) in [6.45, 7) is 4.59. The molecule has 0 spiro atoms. The Labute approximate surface area is 192 Å². The Morgan fingerprint density at radius 2 is 1.75 bits per heavy atom. The molecule has 0 fully saturated rings. The number of anilines is 1. The summed E-state index contributed by atoms with van der Waals surface area (Å²) in [5.41, 5.74) is 1.24. The van der Waals surface area contributed by atoms with Crippen LogP contribution in [0.1, 0.15) is 19.4 Å². The first-order valence-electron chi connectivity index (χ1n) is 10.2. The Morgan fingerprint density at radius 1 is 1.00 bits per heavy atom. The summed E-state index contributed by atoms with van der Waals surface area (Å²) in [6.07, 6.45) is 0.187. The highest BCUT2D eigenvalue weighted by Gasteiger charge is 2.27. The van der Waals surface area contributed by atoms with E-state index in [1.165, 1.54) is 6.07 Å². The van der Waals surface area contributed by atoms with Gasteiger partial charge in [-0.25, -0.2) is 8.42 Å². The minimum Gasteiger partial charge on any atom is -0.494 e. The number of carbonyl (C=O) groups excluding carboxylic acids is 1. The van der Waals surface area contributed by atoms with Crippen LogP contribution in [0.15, 0.2) is 70.3 Å². The number of hydrogen-bond donors (Lipinski definition) is 2. The molecular formula is C23H26N2O5S2. The summed E-state index contributed by atoms with van der Waals surface area (Å²) in [5.74, 6) is 0.553. The largest absolute Gasteiger partial charge is 0.494 e. The number of amides is 1. The van der Waals surface area contributed by atoms with E-state index in [0.717, 1.165) is 16.9 Å². The van der Waals surface area contributed by atoms with Crippen LogP contribution in [-0.4, -0.2) is 33.6 Å². The first kappa shape index (κ1) is 23.8. The lowest BCUT2D eigenvalue weighted by molar-refractivity contribution is -0.117. The van der Waals surface area contributed by atoms with Crippen LogP contribution in [-0.2, 0) is 21.2 Å². The third-order valence-electron chi connectivity index (χ3n) is 4.48. The highest BCUT2D eigenvalue weighted by atomic mass is 32.2. The number of ether oxygens (including phenoxy) is 2. The van der Waals surface area contributed by atoms with E-state index >= 15 is 0 Å². The molecule has 0 aliphatic carbocycles. The number of carbonyl (C=O) groups is 1. The molecule has 0 bridgehead atoms. The standard InChI is InChI=1S/C23H26N2O5S2/c1-3-29-18-12-13-21(30-4-2)19(16-18)24-23(26)20(15-17-9-6-5-7-10-17)25-32(27,28)22-11-8-14-31-22/h5-14,16,20,25H,3-4,15H2,1-2H3,(H,24,26). The van der Waals surface area contributed by atoms with Crippen molar-refractivity contribution < 1.29 is 22.7 Å². The Hall–Kier alpha value is -2.88. The summed E-state index contributed by atoms with van der Waals surface area (Å²) in [4.78, 5) is 13.3. The van der Waals surface area contributed by atoms with E-state index in [2.05, 4.69) is 10.0 Å². The van der Waals surface area contributed by atoms with Crippen LogP contribution in [0.2, 0.25) is 0 Å². The Kier molecular flexibility index (Phi) is 8.26. The maximum atomic E-state index is 13.3. The molecule has 170 valence electrons. The predicted molar refractivity (Wildman–Crippen MR) is 126 cm³/mol. The summed E-state index contributed by atoms with van der Waals surface area (Å²) in [7, 11) is -3.86. The molecule has 3 rings (SSSR count). The highest BCUT2D eigenvalue weighted by molar-refractivity contribution is 7.91. The van der Waals surface area contributed by atoms with Crippen molar-refractivity contribution in [3.63, 3.8) is 0 Å². The van der Waals surface area contributed by atoms with Gasteiger partial charge in [-0.05, 0) is 49.4 Å². The maximum absolute atomic E-state index is 13.3. The minimum absolute atomic E-state index is 0.150. The monoisotopic (exact) mass is 474 g/mol. The van der Waals surface area contributed by atoms with Crippen LogP contribution >= 0.6 is 11.3 Å². The molecule has 0 radical (unpaired) electrons. The van der Waals surface area contributed by atoms with Gasteiger partial charge in [0.15, 0.2) is 0 Å². The summed E-state index contributed by atoms with van der Waals surface area (Å²) in [5, 5.41) is 4.49. The summed E-state index contributed by atoms with van der Waals surface area (Å²) < 4.78 is 39.5. The van der Waals surface area contributed by atoms with Crippen molar-refractivity contribution in [1.29, 1.82) is 0 Å². The molecule has 1 atom stereocenters. The Morgan fingerprint density at radius 3 is 2.41 bits per heavy atom. The van der Waals surface area contributed by atoms with Crippen LogP contribution < -0.4 is 19.5 Å². The fourth-order valence-corrected chi connectivity index (χ4v) is 5.27. The average molecular weight is 475 g/mol. The van der Waals surface area contributed by atoms with Gasteiger partial charge in [-0.1, -0.05) is 36.4 Å². The number of hydrogen-bond acceptors (Lipinski definition) is 6. The molecule has 2 N–H and O–H groups in total. The lowest BCUT2D eigenvalue weighted by Gasteiger charge is -2.20. The zero-order valence-corrected chi connectivity index (χ0v) is 19.5. The quantitative estimate of drug-likeness (QED) is 0.437. The molecule has 1 amide bonds. The van der Waals surface area contributed by atoms with Crippen molar-refractivity contribution in [2.24, 2.45) is 0 Å². The van der Waals surface area contributed by atoms with Gasteiger partial charge in [0, 0.05) is 6.07 Å². The van der Waals surface area contributed by atoms with Gasteiger partial charge in [-0.15, -0.1) is 11.3 Å². The lowest BCUT2D eigenvalue weighted by atomic mass is 10.1. The average Bonchev–Trinajstić information content (AvgIpc) is 3.32. The number of sulfonamides is 1. The van der Waals surface area contributed by atoms with E-state index in [-0.39, 0.29) is 10.6 Å². The molecule has 0 aliphatic heterocycles. The zero-order valence-electron chi connectivity index (χ0n) is 17.9. The number of benzene rings is 2. The van der Waals surface area contributed by atoms with Gasteiger partial charge < -0.3 is 14.8 Å². The molecule has 2 aromatic carbocycles. The Balaban J connectivity index is 1.89. The van der Waals surface area contributed by atoms with Crippen molar-refractivity contribution in [3.05, 3.63) is 71.6 Å². The van der Waals surface area contributed by atoms with Crippen LogP contribution in [0.4, 0.5) is 5.69 Å². The van der Waals surface area contributed by atoms with Crippen LogP contribution in [0.5, 0.6) is 11.5 Å². The first-order chi connectivity index (χ1) is 15.4. The molecule has 1 heterocycles. The maximum Gasteiger partial charge on any atom is 0.250 e. The molecule has 1 aromatic heterocycles. The second kappa shape index (κ2) is 11.1. The molecule has 32 heavy (non-hydrogen) atoms. The highest BCUT2D eigenvalue weighted by Crippen LogP contribution is 2.30. The van der Waals surface area contributed by atoms with Crippen molar-refractivity contribution in [1.82, 2.24) is 4.72 Å². The van der Waals surface area contributed by atoms with E-state index in [1.54, 1.807) is 29.6 Å². The minimum atomic E-state index is -3.86. The molecule has 0 saturated carbocycles. The molecule has 0 aliphatic rings. The van der Waals surface area contributed by atoms with Gasteiger partial charge in [0.05, 0.1) is 18.9 Å². The van der Waals surface area contributed by atoms with Gasteiger partial charge in [-0.2, -0.15) is 4.72 Å². The van der Waals surface area contributed by atoms with Crippen LogP contribution in [0.3, 0.4) is 0 Å². The van der Waals surface area contributed by atoms with Gasteiger partial charge in [0.25, 0.3) is 10.0 Å².